The molecule has 1 aromatic carbocycles. The molecule has 1 amide bonds. The number of carbonyl (C=O) groups excluding carboxylic acids is 1. The number of benzene rings is 1. The zero-order chi connectivity index (χ0) is 26.7. The third kappa shape index (κ3) is 6.46. The lowest BCUT2D eigenvalue weighted by molar-refractivity contribution is 0.0981. The summed E-state index contributed by atoms with van der Waals surface area (Å²) in [6.07, 6.45) is 2.32. The number of nitrogens with one attached hydrogen (secondary N) is 2. The Balaban J connectivity index is 1.73. The van der Waals surface area contributed by atoms with Gasteiger partial charge in [-0.05, 0) is 54.5 Å². The zero-order valence-electron chi connectivity index (χ0n) is 21.4. The number of rotatable bonds is 8. The molecule has 0 aliphatic carbocycles. The van der Waals surface area contributed by atoms with E-state index in [0.29, 0.717) is 54.4 Å². The van der Waals surface area contributed by atoms with Crippen molar-refractivity contribution in [2.45, 2.75) is 39.1 Å². The lowest BCUT2D eigenvalue weighted by atomic mass is 9.91. The number of hydrogen-bond acceptors (Lipinski definition) is 7. The van der Waals surface area contributed by atoms with Crippen LogP contribution < -0.4 is 14.4 Å². The minimum atomic E-state index is -4.15. The molecular formula is C26H32FN5O4S. The first-order valence-electron chi connectivity index (χ1n) is 12.3. The Morgan fingerprint density at radius 3 is 2.57 bits per heavy atom. The minimum Gasteiger partial charge on any atom is -0.493 e. The van der Waals surface area contributed by atoms with Crippen molar-refractivity contribution in [3.63, 3.8) is 0 Å². The largest absolute Gasteiger partial charge is 0.493 e. The number of piperidine rings is 1. The van der Waals surface area contributed by atoms with E-state index in [1.165, 1.54) is 30.5 Å². The molecule has 11 heteroatoms. The first-order chi connectivity index (χ1) is 17.5. The van der Waals surface area contributed by atoms with Crippen LogP contribution in [0.5, 0.6) is 5.75 Å². The van der Waals surface area contributed by atoms with Crippen molar-refractivity contribution in [1.29, 1.82) is 0 Å². The van der Waals surface area contributed by atoms with Gasteiger partial charge in [-0.3, -0.25) is 9.89 Å². The third-order valence-corrected chi connectivity index (χ3v) is 7.29. The minimum absolute atomic E-state index is 0.112. The van der Waals surface area contributed by atoms with E-state index in [1.54, 1.807) is 12.1 Å². The van der Waals surface area contributed by atoms with Gasteiger partial charge in [0.2, 0.25) is 0 Å². The number of halogens is 1. The normalized spacial score (nSPS) is 18.2. The number of pyridine rings is 1. The quantitative estimate of drug-likeness (QED) is 0.448. The molecule has 1 fully saturated rings. The first-order valence-corrected chi connectivity index (χ1v) is 13.8. The van der Waals surface area contributed by atoms with Crippen LogP contribution in [0.2, 0.25) is 0 Å². The predicted octanol–water partition coefficient (Wildman–Crippen LogP) is 4.25. The van der Waals surface area contributed by atoms with Crippen molar-refractivity contribution in [1.82, 2.24) is 19.9 Å². The van der Waals surface area contributed by atoms with Crippen LogP contribution in [-0.2, 0) is 10.0 Å². The van der Waals surface area contributed by atoms with Crippen LogP contribution in [0.3, 0.4) is 0 Å². The van der Waals surface area contributed by atoms with Gasteiger partial charge in [0, 0.05) is 24.7 Å². The highest BCUT2D eigenvalue weighted by molar-refractivity contribution is 7.90. The molecule has 1 aliphatic heterocycles. The van der Waals surface area contributed by atoms with Crippen LogP contribution in [0.4, 0.5) is 10.2 Å². The Kier molecular flexibility index (Phi) is 7.82. The molecule has 2 atom stereocenters. The molecule has 1 aliphatic rings. The smallest absolute Gasteiger partial charge is 0.281 e. The van der Waals surface area contributed by atoms with Crippen LogP contribution in [-0.4, -0.2) is 49.2 Å². The summed E-state index contributed by atoms with van der Waals surface area (Å²) < 4.78 is 47.6. The van der Waals surface area contributed by atoms with Gasteiger partial charge in [-0.15, -0.1) is 0 Å². The van der Waals surface area contributed by atoms with E-state index in [-0.39, 0.29) is 16.5 Å². The standard InChI is InChI=1S/C26H32FN5O4S/c1-16(2)15-36-21-11-19(10-20(27)12-21)23-6-5-22(25(29-23)32-13-17(3)9-18(4)14-32)26(33)31-37(34,35)24-7-8-28-30-24/h5-8,10-12,16-18H,9,13-15H2,1-4H3,(H,28,30)(H,31,33)/t17-,18+. The Bertz CT molecular complexity index is 1350. The molecule has 1 saturated heterocycles. The van der Waals surface area contributed by atoms with Crippen LogP contribution in [0, 0.1) is 23.6 Å². The summed E-state index contributed by atoms with van der Waals surface area (Å²) in [5, 5.41) is 5.78. The van der Waals surface area contributed by atoms with Gasteiger partial charge >= 0.3 is 0 Å². The van der Waals surface area contributed by atoms with E-state index in [4.69, 9.17) is 9.72 Å². The predicted molar refractivity (Wildman–Crippen MR) is 138 cm³/mol. The molecule has 2 aromatic heterocycles. The molecule has 0 bridgehead atoms. The molecule has 0 unspecified atom stereocenters. The van der Waals surface area contributed by atoms with Crippen LogP contribution in [0.25, 0.3) is 11.3 Å². The van der Waals surface area contributed by atoms with Crippen LogP contribution in [0.15, 0.2) is 47.6 Å². The maximum atomic E-state index is 14.5. The van der Waals surface area contributed by atoms with E-state index in [0.717, 1.165) is 6.42 Å². The number of anilines is 1. The molecule has 2 N–H and O–H groups in total. The van der Waals surface area contributed by atoms with Crippen molar-refractivity contribution >= 4 is 21.7 Å². The number of carbonyl (C=O) groups is 1. The summed E-state index contributed by atoms with van der Waals surface area (Å²) in [5.41, 5.74) is 1.05. The molecule has 9 nitrogen and oxygen atoms in total. The second-order valence-electron chi connectivity index (χ2n) is 10.2. The molecule has 0 saturated carbocycles. The summed E-state index contributed by atoms with van der Waals surface area (Å²) in [6.45, 7) is 10.0. The molecular weight excluding hydrogens is 497 g/mol. The van der Waals surface area contributed by atoms with Gasteiger partial charge < -0.3 is 9.64 Å². The van der Waals surface area contributed by atoms with Gasteiger partial charge in [0.05, 0.1) is 24.1 Å². The van der Waals surface area contributed by atoms with E-state index in [1.807, 2.05) is 18.7 Å². The molecule has 3 heterocycles. The molecule has 0 spiro atoms. The second-order valence-corrected chi connectivity index (χ2v) is 11.8. The number of aromatic nitrogens is 3. The number of aromatic amines is 1. The average Bonchev–Trinajstić information content (AvgIpc) is 3.37. The van der Waals surface area contributed by atoms with Crippen LogP contribution >= 0.6 is 0 Å². The summed E-state index contributed by atoms with van der Waals surface area (Å²) in [7, 11) is -4.15. The number of ether oxygens (including phenoxy) is 1. The van der Waals surface area contributed by atoms with Gasteiger partial charge in [-0.1, -0.05) is 27.7 Å². The second kappa shape index (κ2) is 10.9. The van der Waals surface area contributed by atoms with Crippen molar-refractivity contribution in [3.05, 3.63) is 54.0 Å². The monoisotopic (exact) mass is 529 g/mol. The molecule has 0 radical (unpaired) electrons. The Hall–Kier alpha value is -3.47. The maximum Gasteiger partial charge on any atom is 0.281 e. The summed E-state index contributed by atoms with van der Waals surface area (Å²) >= 11 is 0. The number of H-pyrrole nitrogens is 1. The van der Waals surface area contributed by atoms with Gasteiger partial charge in [-0.2, -0.15) is 13.5 Å². The van der Waals surface area contributed by atoms with Gasteiger partial charge in [0.15, 0.2) is 5.03 Å². The molecule has 4 rings (SSSR count). The first kappa shape index (κ1) is 26.6. The fourth-order valence-corrected chi connectivity index (χ4v) is 5.42. The maximum absolute atomic E-state index is 14.5. The van der Waals surface area contributed by atoms with Crippen molar-refractivity contribution < 1.29 is 22.3 Å². The number of amides is 1. The Labute approximate surface area is 216 Å². The zero-order valence-corrected chi connectivity index (χ0v) is 22.2. The fourth-order valence-electron chi connectivity index (χ4n) is 4.54. The Morgan fingerprint density at radius 1 is 1.19 bits per heavy atom. The lowest BCUT2D eigenvalue weighted by Crippen LogP contribution is -2.41. The Morgan fingerprint density at radius 2 is 1.92 bits per heavy atom. The highest BCUT2D eigenvalue weighted by atomic mass is 32.2. The number of hydrogen-bond donors (Lipinski definition) is 2. The lowest BCUT2D eigenvalue weighted by Gasteiger charge is -2.36. The number of sulfonamides is 1. The molecule has 198 valence electrons. The highest BCUT2D eigenvalue weighted by Gasteiger charge is 2.29. The molecule has 37 heavy (non-hydrogen) atoms. The SMILES string of the molecule is CC(C)COc1cc(F)cc(-c2ccc(C(=O)NS(=O)(=O)c3ccn[nH]3)c(N3C[C@H](C)C[C@H](C)C3)n2)c1. The van der Waals surface area contributed by atoms with Crippen molar-refractivity contribution in [2.24, 2.45) is 17.8 Å². The topological polar surface area (TPSA) is 117 Å². The van der Waals surface area contributed by atoms with E-state index in [9.17, 15) is 17.6 Å². The van der Waals surface area contributed by atoms with E-state index in [2.05, 4.69) is 28.8 Å². The van der Waals surface area contributed by atoms with Crippen molar-refractivity contribution in [2.75, 3.05) is 24.6 Å². The van der Waals surface area contributed by atoms with Gasteiger partial charge in [0.1, 0.15) is 17.4 Å². The summed E-state index contributed by atoms with van der Waals surface area (Å²) in [6, 6.07) is 8.76. The highest BCUT2D eigenvalue weighted by Crippen LogP contribution is 2.32. The molecule has 3 aromatic rings. The summed E-state index contributed by atoms with van der Waals surface area (Å²) in [4.78, 5) is 20.0. The van der Waals surface area contributed by atoms with E-state index >= 15 is 0 Å². The van der Waals surface area contributed by atoms with Gasteiger partial charge in [0.25, 0.3) is 15.9 Å². The van der Waals surface area contributed by atoms with Gasteiger partial charge in [-0.25, -0.2) is 14.1 Å². The summed E-state index contributed by atoms with van der Waals surface area (Å²) in [5.74, 6) is 0.437. The van der Waals surface area contributed by atoms with Crippen molar-refractivity contribution in [3.8, 4) is 17.0 Å². The van der Waals surface area contributed by atoms with Crippen LogP contribution in [0.1, 0.15) is 44.5 Å². The average molecular weight is 530 g/mol. The van der Waals surface area contributed by atoms with E-state index < -0.39 is 21.7 Å². The third-order valence-electron chi connectivity index (χ3n) is 6.03. The fraction of sp³-hybridized carbons (Fsp3) is 0.423. The number of nitrogens with zero attached hydrogens (tertiary/aromatic N) is 3.